The number of carbonyl (C=O) groups excluding carboxylic acids is 2. The highest BCUT2D eigenvalue weighted by Gasteiger charge is 2.44. The molecule has 1 saturated carbocycles. The van der Waals surface area contributed by atoms with Crippen molar-refractivity contribution in [3.8, 4) is 0 Å². The maximum absolute atomic E-state index is 15.7. The summed E-state index contributed by atoms with van der Waals surface area (Å²) in [5.74, 6) is -4.87. The fourth-order valence-corrected chi connectivity index (χ4v) is 4.67. The second-order valence-electron chi connectivity index (χ2n) is 8.86. The van der Waals surface area contributed by atoms with Gasteiger partial charge in [-0.05, 0) is 25.3 Å². The highest BCUT2D eigenvalue weighted by Crippen LogP contribution is 2.42. The first kappa shape index (κ1) is 26.6. The molecule has 1 aromatic heterocycles. The second-order valence-corrected chi connectivity index (χ2v) is 8.86. The number of nitrogens with zero attached hydrogens (tertiary/aromatic N) is 2. The van der Waals surface area contributed by atoms with Crippen molar-refractivity contribution >= 4 is 41.6 Å². The molecule has 16 heteroatoms. The molecule has 9 nitrogen and oxygen atoms in total. The largest absolute Gasteiger partial charge is 0.798 e. The van der Waals surface area contributed by atoms with E-state index in [1.54, 1.807) is 0 Å². The third-order valence-electron chi connectivity index (χ3n) is 6.47. The van der Waals surface area contributed by atoms with Crippen molar-refractivity contribution in [3.05, 3.63) is 33.4 Å². The van der Waals surface area contributed by atoms with Gasteiger partial charge in [0, 0.05) is 32.4 Å². The first-order chi connectivity index (χ1) is 17.3. The molecule has 0 bridgehead atoms. The predicted octanol–water partition coefficient (Wildman–Crippen LogP) is 2.33. The van der Waals surface area contributed by atoms with Crippen LogP contribution in [0.5, 0.6) is 0 Å². The molecule has 2 aliphatic rings. The average Bonchev–Trinajstić information content (AvgIpc) is 3.57. The number of amides is 1. The third kappa shape index (κ3) is 4.81. The van der Waals surface area contributed by atoms with Gasteiger partial charge in [0.15, 0.2) is 5.82 Å². The molecule has 2 atom stereocenters. The minimum atomic E-state index is -5.14. The Morgan fingerprint density at radius 1 is 1.22 bits per heavy atom. The number of rotatable bonds is 6. The Hall–Kier alpha value is -3.43. The Kier molecular flexibility index (Phi) is 6.81. The van der Waals surface area contributed by atoms with E-state index in [2.05, 4.69) is 4.65 Å². The van der Waals surface area contributed by atoms with Crippen molar-refractivity contribution in [3.63, 3.8) is 0 Å². The van der Waals surface area contributed by atoms with E-state index in [1.807, 2.05) is 5.32 Å². The molecule has 0 unspecified atom stereocenters. The minimum absolute atomic E-state index is 0.117. The quantitative estimate of drug-likeness (QED) is 0.332. The van der Waals surface area contributed by atoms with Gasteiger partial charge in [0.1, 0.15) is 5.56 Å². The molecule has 2 aromatic rings. The highest BCUT2D eigenvalue weighted by atomic mass is 19.4. The molecule has 1 amide bonds. The number of aryl methyl sites for hydroxylation is 1. The Morgan fingerprint density at radius 2 is 1.86 bits per heavy atom. The molecular weight excluding hydrogens is 513 g/mol. The van der Waals surface area contributed by atoms with Crippen LogP contribution in [-0.4, -0.2) is 62.4 Å². The van der Waals surface area contributed by atoms with Crippen molar-refractivity contribution in [2.75, 3.05) is 30.8 Å². The second kappa shape index (κ2) is 9.47. The standard InChI is InChI=1S/C21H21BF6N4O5/c1-8-16-13(18(33)10(19(34)37-22(27)28)5-32(16)9-3-4-9)15(29)14(23)17(8)31-6-11(12(7-31)36-2)30-20(35)21(24,25)26/h5,9,11-12H,3-4,6-7,29H2,1-2H3,(H,30,35)/t11-,12+/m0/s1. The number of methoxy groups -OCH3 is 1. The molecule has 2 fully saturated rings. The number of carbonyl (C=O) groups is 2. The van der Waals surface area contributed by atoms with E-state index in [4.69, 9.17) is 10.5 Å². The maximum atomic E-state index is 15.7. The Balaban J connectivity index is 1.84. The summed E-state index contributed by atoms with van der Waals surface area (Å²) < 4.78 is 89.8. The lowest BCUT2D eigenvalue weighted by Crippen LogP contribution is -2.48. The van der Waals surface area contributed by atoms with Crippen LogP contribution in [-0.2, 0) is 14.2 Å². The monoisotopic (exact) mass is 534 g/mol. The third-order valence-corrected chi connectivity index (χ3v) is 6.47. The Bertz CT molecular complexity index is 1330. The van der Waals surface area contributed by atoms with E-state index >= 15 is 4.39 Å². The number of nitrogen functional groups attached to an aromatic ring is 1. The zero-order valence-electron chi connectivity index (χ0n) is 19.5. The van der Waals surface area contributed by atoms with Crippen LogP contribution < -0.4 is 21.4 Å². The number of anilines is 2. The molecule has 3 N–H and O–H groups in total. The van der Waals surface area contributed by atoms with Gasteiger partial charge in [0.25, 0.3) is 0 Å². The summed E-state index contributed by atoms with van der Waals surface area (Å²) in [7, 11) is -2.26. The number of fused-ring (bicyclic) bond motifs is 1. The summed E-state index contributed by atoms with van der Waals surface area (Å²) in [6.45, 7) is 1.07. The fourth-order valence-electron chi connectivity index (χ4n) is 4.67. The molecule has 0 radical (unpaired) electrons. The summed E-state index contributed by atoms with van der Waals surface area (Å²) >= 11 is 0. The number of ether oxygens (including phenoxy) is 1. The van der Waals surface area contributed by atoms with Gasteiger partial charge in [-0.25, -0.2) is 17.8 Å². The molecule has 1 aromatic carbocycles. The van der Waals surface area contributed by atoms with E-state index in [0.29, 0.717) is 12.8 Å². The van der Waals surface area contributed by atoms with Gasteiger partial charge in [0.05, 0.1) is 34.4 Å². The molecule has 0 spiro atoms. The van der Waals surface area contributed by atoms with Crippen LogP contribution in [0.15, 0.2) is 11.0 Å². The molecule has 200 valence electrons. The highest BCUT2D eigenvalue weighted by molar-refractivity contribution is 6.38. The number of nitrogens with two attached hydrogens (primary N) is 1. The van der Waals surface area contributed by atoms with Gasteiger partial charge in [-0.2, -0.15) is 13.2 Å². The van der Waals surface area contributed by atoms with Crippen molar-refractivity contribution < 1.29 is 45.2 Å². The lowest BCUT2D eigenvalue weighted by atomic mass is 10.0. The van der Waals surface area contributed by atoms with Crippen LogP contribution in [0.3, 0.4) is 0 Å². The average molecular weight is 534 g/mol. The topological polar surface area (TPSA) is 116 Å². The zero-order valence-corrected chi connectivity index (χ0v) is 19.5. The summed E-state index contributed by atoms with van der Waals surface area (Å²) in [5, 5.41) is 1.44. The first-order valence-corrected chi connectivity index (χ1v) is 11.1. The van der Waals surface area contributed by atoms with Gasteiger partial charge in [-0.3, -0.25) is 9.59 Å². The Labute approximate surface area is 205 Å². The number of halogens is 6. The molecule has 1 saturated heterocycles. The van der Waals surface area contributed by atoms with E-state index < -0.39 is 65.6 Å². The van der Waals surface area contributed by atoms with E-state index in [9.17, 15) is 36.2 Å². The van der Waals surface area contributed by atoms with E-state index in [1.165, 1.54) is 23.5 Å². The van der Waals surface area contributed by atoms with Crippen LogP contribution in [0.2, 0.25) is 0 Å². The summed E-state index contributed by atoms with van der Waals surface area (Å²) in [4.78, 5) is 38.0. The van der Waals surface area contributed by atoms with E-state index in [-0.39, 0.29) is 35.9 Å². The van der Waals surface area contributed by atoms with Gasteiger partial charge in [0.2, 0.25) is 5.43 Å². The molecule has 1 aliphatic carbocycles. The van der Waals surface area contributed by atoms with Crippen molar-refractivity contribution in [1.82, 2.24) is 9.88 Å². The van der Waals surface area contributed by atoms with Crippen LogP contribution in [0.4, 0.5) is 37.6 Å². The first-order valence-electron chi connectivity index (χ1n) is 11.1. The number of alkyl halides is 3. The van der Waals surface area contributed by atoms with Crippen molar-refractivity contribution in [2.45, 2.75) is 44.1 Å². The van der Waals surface area contributed by atoms with Gasteiger partial charge >= 0.3 is 25.5 Å². The Morgan fingerprint density at radius 3 is 2.41 bits per heavy atom. The number of nitrogens with one attached hydrogen (secondary N) is 1. The van der Waals surface area contributed by atoms with Crippen LogP contribution >= 0.6 is 0 Å². The van der Waals surface area contributed by atoms with Crippen LogP contribution in [0, 0.1) is 12.7 Å². The van der Waals surface area contributed by atoms with Crippen LogP contribution in [0.1, 0.15) is 34.8 Å². The number of aromatic nitrogens is 1. The molecule has 2 heterocycles. The summed E-state index contributed by atoms with van der Waals surface area (Å²) in [5.41, 5.74) is 3.67. The maximum Gasteiger partial charge on any atom is 0.798 e. The summed E-state index contributed by atoms with van der Waals surface area (Å²) in [6, 6.07) is -1.38. The van der Waals surface area contributed by atoms with Crippen molar-refractivity contribution in [2.24, 2.45) is 0 Å². The molecule has 4 rings (SSSR count). The van der Waals surface area contributed by atoms with E-state index in [0.717, 1.165) is 6.20 Å². The lowest BCUT2D eigenvalue weighted by Gasteiger charge is -2.25. The molecule has 1 aliphatic heterocycles. The number of hydrogen-bond acceptors (Lipinski definition) is 7. The number of pyridine rings is 1. The SMILES string of the molecule is CO[C@@H]1CN(c2c(F)c(N)c3c(=O)c(C(=O)OB(F)F)cn(C4CC4)c3c2C)C[C@@H]1NC(=O)C(F)(F)F. The number of hydrogen-bond donors (Lipinski definition) is 2. The minimum Gasteiger partial charge on any atom is -0.474 e. The smallest absolute Gasteiger partial charge is 0.474 e. The lowest BCUT2D eigenvalue weighted by molar-refractivity contribution is -0.174. The number of benzene rings is 1. The van der Waals surface area contributed by atoms with Crippen LogP contribution in [0.25, 0.3) is 10.9 Å². The van der Waals surface area contributed by atoms with Gasteiger partial charge in [-0.15, -0.1) is 0 Å². The summed E-state index contributed by atoms with van der Waals surface area (Å²) in [6.07, 6.45) is -3.76. The normalized spacial score (nSPS) is 19.8. The fraction of sp³-hybridized carbons (Fsp3) is 0.476. The zero-order chi connectivity index (χ0) is 27.4. The van der Waals surface area contributed by atoms with Crippen molar-refractivity contribution in [1.29, 1.82) is 0 Å². The predicted molar refractivity (Wildman–Crippen MR) is 120 cm³/mol. The van der Waals surface area contributed by atoms with Gasteiger partial charge < -0.3 is 29.9 Å². The molecule has 37 heavy (non-hydrogen) atoms. The molecular formula is C21H21BF6N4O5. The van der Waals surface area contributed by atoms with Gasteiger partial charge in [-0.1, -0.05) is 0 Å².